The SMILES string of the molecule is CC(C)c1ccc2c(c1)CNC(C(=O)OCc1ccccc1)C2.Cl. The first kappa shape index (κ1) is 18.5. The van der Waals surface area contributed by atoms with Gasteiger partial charge >= 0.3 is 5.97 Å². The first-order chi connectivity index (χ1) is 11.1. The van der Waals surface area contributed by atoms with Crippen molar-refractivity contribution in [1.82, 2.24) is 5.32 Å². The van der Waals surface area contributed by atoms with Gasteiger partial charge in [0.05, 0.1) is 0 Å². The minimum Gasteiger partial charge on any atom is -0.460 e. The van der Waals surface area contributed by atoms with E-state index in [0.29, 0.717) is 18.9 Å². The van der Waals surface area contributed by atoms with Crippen LogP contribution in [0, 0.1) is 0 Å². The Morgan fingerprint density at radius 1 is 1.17 bits per heavy atom. The lowest BCUT2D eigenvalue weighted by atomic mass is 9.91. The van der Waals surface area contributed by atoms with Gasteiger partial charge in [-0.2, -0.15) is 0 Å². The van der Waals surface area contributed by atoms with Crippen molar-refractivity contribution in [2.75, 3.05) is 0 Å². The van der Waals surface area contributed by atoms with Crippen LogP contribution in [-0.4, -0.2) is 12.0 Å². The van der Waals surface area contributed by atoms with Crippen molar-refractivity contribution >= 4 is 18.4 Å². The van der Waals surface area contributed by atoms with Gasteiger partial charge in [0.2, 0.25) is 0 Å². The van der Waals surface area contributed by atoms with Gasteiger partial charge in [0.1, 0.15) is 12.6 Å². The molecular weight excluding hydrogens is 322 g/mol. The fourth-order valence-corrected chi connectivity index (χ4v) is 2.89. The maximum atomic E-state index is 12.3. The van der Waals surface area contributed by atoms with Crippen molar-refractivity contribution in [2.45, 2.75) is 45.4 Å². The Bertz CT molecular complexity index is 685. The van der Waals surface area contributed by atoms with Crippen LogP contribution in [0.25, 0.3) is 0 Å². The van der Waals surface area contributed by atoms with Crippen molar-refractivity contribution in [1.29, 1.82) is 0 Å². The van der Waals surface area contributed by atoms with E-state index < -0.39 is 0 Å². The van der Waals surface area contributed by atoms with Crippen molar-refractivity contribution in [3.05, 3.63) is 70.8 Å². The zero-order valence-corrected chi connectivity index (χ0v) is 14.9. The number of carbonyl (C=O) groups excluding carboxylic acids is 1. The predicted octanol–water partition coefficient (Wildman–Crippen LogP) is 3.99. The van der Waals surface area contributed by atoms with Gasteiger partial charge in [0.25, 0.3) is 0 Å². The molecular formula is C20H24ClNO2. The van der Waals surface area contributed by atoms with E-state index in [9.17, 15) is 4.79 Å². The van der Waals surface area contributed by atoms with Crippen LogP contribution < -0.4 is 5.32 Å². The van der Waals surface area contributed by atoms with E-state index in [1.807, 2.05) is 30.3 Å². The van der Waals surface area contributed by atoms with Crippen molar-refractivity contribution in [2.24, 2.45) is 0 Å². The number of ether oxygens (including phenoxy) is 1. The topological polar surface area (TPSA) is 38.3 Å². The summed E-state index contributed by atoms with van der Waals surface area (Å²) in [7, 11) is 0. The van der Waals surface area contributed by atoms with Crippen LogP contribution in [0.3, 0.4) is 0 Å². The summed E-state index contributed by atoms with van der Waals surface area (Å²) in [4.78, 5) is 12.3. The lowest BCUT2D eigenvalue weighted by Crippen LogP contribution is -2.42. The molecule has 1 aliphatic heterocycles. The average Bonchev–Trinajstić information content (AvgIpc) is 2.59. The quantitative estimate of drug-likeness (QED) is 0.851. The zero-order valence-electron chi connectivity index (χ0n) is 14.1. The van der Waals surface area contributed by atoms with E-state index in [2.05, 4.69) is 37.4 Å². The molecule has 0 radical (unpaired) electrons. The van der Waals surface area contributed by atoms with E-state index in [1.54, 1.807) is 0 Å². The summed E-state index contributed by atoms with van der Waals surface area (Å²) in [6.07, 6.45) is 0.696. The molecule has 2 aromatic rings. The van der Waals surface area contributed by atoms with Gasteiger partial charge in [0.15, 0.2) is 0 Å². The predicted molar refractivity (Wildman–Crippen MR) is 98.3 cm³/mol. The zero-order chi connectivity index (χ0) is 16.2. The Morgan fingerprint density at radius 2 is 1.92 bits per heavy atom. The fourth-order valence-electron chi connectivity index (χ4n) is 2.89. The summed E-state index contributed by atoms with van der Waals surface area (Å²) in [5.74, 6) is 0.348. The summed E-state index contributed by atoms with van der Waals surface area (Å²) in [5, 5.41) is 3.30. The smallest absolute Gasteiger partial charge is 0.323 e. The van der Waals surface area contributed by atoms with Crippen LogP contribution in [0.5, 0.6) is 0 Å². The second-order valence-corrected chi connectivity index (χ2v) is 6.41. The molecule has 0 saturated heterocycles. The molecule has 4 heteroatoms. The maximum Gasteiger partial charge on any atom is 0.323 e. The number of hydrogen-bond acceptors (Lipinski definition) is 3. The van der Waals surface area contributed by atoms with Gasteiger partial charge in [-0.1, -0.05) is 62.4 Å². The highest BCUT2D eigenvalue weighted by molar-refractivity contribution is 5.85. The van der Waals surface area contributed by atoms with Gasteiger partial charge in [-0.15, -0.1) is 12.4 Å². The van der Waals surface area contributed by atoms with Crippen LogP contribution >= 0.6 is 12.4 Å². The summed E-state index contributed by atoms with van der Waals surface area (Å²) >= 11 is 0. The van der Waals surface area contributed by atoms with Crippen molar-refractivity contribution in [3.63, 3.8) is 0 Å². The van der Waals surface area contributed by atoms with Gasteiger partial charge in [-0.3, -0.25) is 4.79 Å². The molecule has 0 aromatic heterocycles. The number of halogens is 1. The monoisotopic (exact) mass is 345 g/mol. The molecule has 1 heterocycles. The molecule has 3 rings (SSSR count). The van der Waals surface area contributed by atoms with Crippen LogP contribution in [0.15, 0.2) is 48.5 Å². The number of nitrogens with one attached hydrogen (secondary N) is 1. The Hall–Kier alpha value is -1.84. The molecule has 1 atom stereocenters. The molecule has 1 aliphatic rings. The minimum absolute atomic E-state index is 0. The van der Waals surface area contributed by atoms with Gasteiger partial charge in [-0.05, 0) is 34.6 Å². The molecule has 0 bridgehead atoms. The normalized spacial score (nSPS) is 16.2. The van der Waals surface area contributed by atoms with Crippen LogP contribution in [0.1, 0.15) is 42.0 Å². The largest absolute Gasteiger partial charge is 0.460 e. The lowest BCUT2D eigenvalue weighted by molar-refractivity contribution is -0.147. The molecule has 0 saturated carbocycles. The van der Waals surface area contributed by atoms with Crippen LogP contribution in [-0.2, 0) is 29.1 Å². The number of carbonyl (C=O) groups is 1. The lowest BCUT2D eigenvalue weighted by Gasteiger charge is -2.25. The molecule has 0 fully saturated rings. The summed E-state index contributed by atoms with van der Waals surface area (Å²) in [5.41, 5.74) is 4.90. The van der Waals surface area contributed by atoms with Crippen LogP contribution in [0.4, 0.5) is 0 Å². The second kappa shape index (κ2) is 8.32. The Morgan fingerprint density at radius 3 is 2.62 bits per heavy atom. The van der Waals surface area contributed by atoms with E-state index in [4.69, 9.17) is 4.74 Å². The molecule has 3 nitrogen and oxygen atoms in total. The molecule has 1 N–H and O–H groups in total. The minimum atomic E-state index is -0.254. The molecule has 1 unspecified atom stereocenters. The van der Waals surface area contributed by atoms with E-state index in [0.717, 1.165) is 12.1 Å². The highest BCUT2D eigenvalue weighted by atomic mass is 35.5. The molecule has 0 amide bonds. The van der Waals surface area contributed by atoms with Crippen LogP contribution in [0.2, 0.25) is 0 Å². The third kappa shape index (κ3) is 4.37. The standard InChI is InChI=1S/C20H23NO2.ClH/c1-14(2)16-8-9-17-11-19(21-12-18(17)10-16)20(22)23-13-15-6-4-3-5-7-15;/h3-10,14,19,21H,11-13H2,1-2H3;1H. The van der Waals surface area contributed by atoms with E-state index in [-0.39, 0.29) is 24.4 Å². The number of esters is 1. The summed E-state index contributed by atoms with van der Waals surface area (Å²) in [6.45, 7) is 5.45. The highest BCUT2D eigenvalue weighted by Crippen LogP contribution is 2.23. The van der Waals surface area contributed by atoms with Crippen molar-refractivity contribution in [3.8, 4) is 0 Å². The Labute approximate surface area is 149 Å². The Kier molecular flexibility index (Phi) is 6.41. The number of hydrogen-bond donors (Lipinski definition) is 1. The van der Waals surface area contributed by atoms with Gasteiger partial charge in [0, 0.05) is 6.54 Å². The third-order valence-electron chi connectivity index (χ3n) is 4.37. The first-order valence-electron chi connectivity index (χ1n) is 8.19. The molecule has 2 aromatic carbocycles. The van der Waals surface area contributed by atoms with E-state index >= 15 is 0 Å². The third-order valence-corrected chi connectivity index (χ3v) is 4.37. The molecule has 0 aliphatic carbocycles. The van der Waals surface area contributed by atoms with Gasteiger partial charge in [-0.25, -0.2) is 0 Å². The number of benzene rings is 2. The molecule has 128 valence electrons. The average molecular weight is 346 g/mol. The fraction of sp³-hybridized carbons (Fsp3) is 0.350. The van der Waals surface area contributed by atoms with E-state index in [1.165, 1.54) is 16.7 Å². The Balaban J connectivity index is 0.00000208. The maximum absolute atomic E-state index is 12.3. The van der Waals surface area contributed by atoms with Gasteiger partial charge < -0.3 is 10.1 Å². The highest BCUT2D eigenvalue weighted by Gasteiger charge is 2.25. The first-order valence-corrected chi connectivity index (χ1v) is 8.19. The summed E-state index contributed by atoms with van der Waals surface area (Å²) in [6, 6.07) is 16.1. The summed E-state index contributed by atoms with van der Waals surface area (Å²) < 4.78 is 5.44. The second-order valence-electron chi connectivity index (χ2n) is 6.41. The number of rotatable bonds is 4. The molecule has 24 heavy (non-hydrogen) atoms. The van der Waals surface area contributed by atoms with Crippen molar-refractivity contribution < 1.29 is 9.53 Å². The molecule has 0 spiro atoms. The number of fused-ring (bicyclic) bond motifs is 1.